The lowest BCUT2D eigenvalue weighted by Crippen LogP contribution is -2.37. The Bertz CT molecular complexity index is 1250. The maximum Gasteiger partial charge on any atom is 0.167 e. The van der Waals surface area contributed by atoms with Gasteiger partial charge < -0.3 is 14.2 Å². The van der Waals surface area contributed by atoms with Crippen molar-refractivity contribution in [2.45, 2.75) is 32.0 Å². The van der Waals surface area contributed by atoms with Crippen molar-refractivity contribution in [2.24, 2.45) is 0 Å². The molecule has 3 heterocycles. The second-order valence-corrected chi connectivity index (χ2v) is 9.20. The summed E-state index contributed by atoms with van der Waals surface area (Å²) in [6, 6.07) is 17.8. The first-order chi connectivity index (χ1) is 16.6. The van der Waals surface area contributed by atoms with Crippen molar-refractivity contribution in [2.75, 3.05) is 32.1 Å². The molecule has 34 heavy (non-hydrogen) atoms. The molecule has 0 radical (unpaired) electrons. The number of benzene rings is 2. The van der Waals surface area contributed by atoms with Crippen LogP contribution in [0, 0.1) is 0 Å². The molecular weight excluding hydrogens is 450 g/mol. The fraction of sp³-hybridized carbons (Fsp3) is 0.346. The fourth-order valence-corrected chi connectivity index (χ4v) is 4.62. The van der Waals surface area contributed by atoms with Crippen molar-refractivity contribution < 1.29 is 9.26 Å². The fourth-order valence-electron chi connectivity index (χ4n) is 4.45. The molecule has 0 spiro atoms. The second-order valence-electron chi connectivity index (χ2n) is 8.77. The van der Waals surface area contributed by atoms with E-state index in [2.05, 4.69) is 15.0 Å². The average Bonchev–Trinajstić information content (AvgIpc) is 3.32. The van der Waals surface area contributed by atoms with Crippen molar-refractivity contribution in [1.29, 1.82) is 0 Å². The van der Waals surface area contributed by atoms with Crippen molar-refractivity contribution in [1.82, 2.24) is 20.0 Å². The van der Waals surface area contributed by atoms with Crippen molar-refractivity contribution in [3.63, 3.8) is 0 Å². The molecule has 0 unspecified atom stereocenters. The van der Waals surface area contributed by atoms with Gasteiger partial charge in [-0.25, -0.2) is 9.97 Å². The molecule has 1 fully saturated rings. The summed E-state index contributed by atoms with van der Waals surface area (Å²) in [6.45, 7) is 3.02. The monoisotopic (exact) mass is 477 g/mol. The van der Waals surface area contributed by atoms with Crippen LogP contribution in [-0.4, -0.2) is 53.4 Å². The zero-order valence-corrected chi connectivity index (χ0v) is 20.2. The van der Waals surface area contributed by atoms with Gasteiger partial charge in [0.05, 0.1) is 23.9 Å². The lowest BCUT2D eigenvalue weighted by Gasteiger charge is -2.33. The summed E-state index contributed by atoms with van der Waals surface area (Å²) < 4.78 is 11.1. The van der Waals surface area contributed by atoms with Crippen LogP contribution in [0.15, 0.2) is 59.1 Å². The van der Waals surface area contributed by atoms with Crippen LogP contribution in [0.25, 0.3) is 22.2 Å². The molecule has 7 nitrogen and oxygen atoms in total. The molecule has 8 heteroatoms. The first kappa shape index (κ1) is 22.8. The molecule has 0 saturated carbocycles. The minimum Gasteiger partial charge on any atom is -0.381 e. The average molecular weight is 478 g/mol. The van der Waals surface area contributed by atoms with E-state index >= 15 is 0 Å². The number of hydrogen-bond donors (Lipinski definition) is 0. The third-order valence-corrected chi connectivity index (χ3v) is 6.45. The molecular formula is C26H28ClN5O2. The zero-order valence-electron chi connectivity index (χ0n) is 19.4. The maximum atomic E-state index is 6.32. The van der Waals surface area contributed by atoms with Crippen LogP contribution in [-0.2, 0) is 17.8 Å². The summed E-state index contributed by atoms with van der Waals surface area (Å²) in [7, 11) is 3.82. The van der Waals surface area contributed by atoms with Gasteiger partial charge in [-0.2, -0.15) is 0 Å². The number of fused-ring (bicyclic) bond motifs is 1. The van der Waals surface area contributed by atoms with Crippen LogP contribution in [0.3, 0.4) is 0 Å². The van der Waals surface area contributed by atoms with Gasteiger partial charge in [0.1, 0.15) is 11.6 Å². The van der Waals surface area contributed by atoms with Crippen LogP contribution in [0.2, 0.25) is 5.02 Å². The molecule has 5 rings (SSSR count). The summed E-state index contributed by atoms with van der Waals surface area (Å²) in [5.41, 5.74) is 2.79. The molecule has 0 atom stereocenters. The van der Waals surface area contributed by atoms with Gasteiger partial charge in [-0.3, -0.25) is 4.90 Å². The van der Waals surface area contributed by atoms with E-state index in [4.69, 9.17) is 30.8 Å². The second kappa shape index (κ2) is 10.1. The summed E-state index contributed by atoms with van der Waals surface area (Å²) in [6.07, 6.45) is 2.27. The van der Waals surface area contributed by atoms with E-state index in [1.807, 2.05) is 61.6 Å². The van der Waals surface area contributed by atoms with Crippen LogP contribution in [0.4, 0.5) is 5.82 Å². The number of methoxy groups -OCH3 is 1. The number of ether oxygens (including phenoxy) is 1. The molecule has 2 aromatic heterocycles. The Morgan fingerprint density at radius 1 is 1.06 bits per heavy atom. The molecule has 1 aliphatic rings. The molecule has 0 N–H and O–H groups in total. The van der Waals surface area contributed by atoms with Crippen LogP contribution >= 0.6 is 11.6 Å². The van der Waals surface area contributed by atoms with Crippen molar-refractivity contribution in [3.05, 3.63) is 71.1 Å². The Kier molecular flexibility index (Phi) is 6.76. The number of nitrogens with zero attached hydrogens (tertiary/aromatic N) is 5. The highest BCUT2D eigenvalue weighted by Crippen LogP contribution is 2.29. The Morgan fingerprint density at radius 3 is 2.62 bits per heavy atom. The molecule has 1 saturated heterocycles. The van der Waals surface area contributed by atoms with E-state index in [1.54, 1.807) is 7.11 Å². The predicted octanol–water partition coefficient (Wildman–Crippen LogP) is 5.19. The van der Waals surface area contributed by atoms with Gasteiger partial charge in [0, 0.05) is 48.8 Å². The number of hydrogen-bond acceptors (Lipinski definition) is 7. The van der Waals surface area contributed by atoms with E-state index in [1.165, 1.54) is 0 Å². The first-order valence-electron chi connectivity index (χ1n) is 11.5. The summed E-state index contributed by atoms with van der Waals surface area (Å²) in [4.78, 5) is 14.3. The van der Waals surface area contributed by atoms with Crippen molar-refractivity contribution >= 4 is 28.3 Å². The minimum atomic E-state index is 0.307. The number of piperidine rings is 1. The third kappa shape index (κ3) is 5.06. The largest absolute Gasteiger partial charge is 0.381 e. The lowest BCUT2D eigenvalue weighted by atomic mass is 10.1. The third-order valence-electron chi connectivity index (χ3n) is 6.22. The van der Waals surface area contributed by atoms with E-state index in [-0.39, 0.29) is 0 Å². The molecule has 1 aliphatic heterocycles. The van der Waals surface area contributed by atoms with E-state index in [0.29, 0.717) is 24.2 Å². The summed E-state index contributed by atoms with van der Waals surface area (Å²) >= 11 is 6.32. The topological polar surface area (TPSA) is 67.5 Å². The van der Waals surface area contributed by atoms with Crippen molar-refractivity contribution in [3.8, 4) is 11.3 Å². The Balaban J connectivity index is 1.35. The van der Waals surface area contributed by atoms with E-state index in [0.717, 1.165) is 65.5 Å². The standard InChI is InChI=1S/C26H28ClN5O2/c1-31(16-20-15-24(34-30-20)18-6-4-3-5-7-18)17-25-28-23-9-8-19(27)14-22(23)26(29-25)32-12-10-21(33-2)11-13-32/h3-9,14-15,21H,10-13,16-17H2,1-2H3. The zero-order chi connectivity index (χ0) is 23.5. The van der Waals surface area contributed by atoms with Gasteiger partial charge in [-0.05, 0) is 38.1 Å². The Morgan fingerprint density at radius 2 is 1.85 bits per heavy atom. The molecule has 176 valence electrons. The van der Waals surface area contributed by atoms with E-state index in [9.17, 15) is 0 Å². The lowest BCUT2D eigenvalue weighted by molar-refractivity contribution is 0.0818. The Labute approximate surface area is 204 Å². The normalized spacial score (nSPS) is 14.9. The molecule has 0 bridgehead atoms. The highest BCUT2D eigenvalue weighted by Gasteiger charge is 2.22. The van der Waals surface area contributed by atoms with Crippen LogP contribution < -0.4 is 4.90 Å². The maximum absolute atomic E-state index is 6.32. The summed E-state index contributed by atoms with van der Waals surface area (Å²) in [5.74, 6) is 2.48. The minimum absolute atomic E-state index is 0.307. The van der Waals surface area contributed by atoms with Gasteiger partial charge in [-0.1, -0.05) is 47.1 Å². The molecule has 4 aromatic rings. The predicted molar refractivity (Wildman–Crippen MR) is 134 cm³/mol. The van der Waals surface area contributed by atoms with Gasteiger partial charge in [-0.15, -0.1) is 0 Å². The SMILES string of the molecule is COC1CCN(c2nc(CN(C)Cc3cc(-c4ccccc4)on3)nc3ccc(Cl)cc23)CC1. The molecule has 2 aromatic carbocycles. The van der Waals surface area contributed by atoms with Gasteiger partial charge in [0.15, 0.2) is 5.76 Å². The highest BCUT2D eigenvalue weighted by atomic mass is 35.5. The number of rotatable bonds is 7. The van der Waals surface area contributed by atoms with Crippen LogP contribution in [0.1, 0.15) is 24.4 Å². The van der Waals surface area contributed by atoms with Gasteiger partial charge in [0.2, 0.25) is 0 Å². The highest BCUT2D eigenvalue weighted by molar-refractivity contribution is 6.31. The molecule has 0 amide bonds. The van der Waals surface area contributed by atoms with Crippen LogP contribution in [0.5, 0.6) is 0 Å². The Hall–Kier alpha value is -3.00. The number of halogens is 1. The smallest absolute Gasteiger partial charge is 0.167 e. The first-order valence-corrected chi connectivity index (χ1v) is 11.9. The summed E-state index contributed by atoms with van der Waals surface area (Å²) in [5, 5.41) is 5.92. The van der Waals surface area contributed by atoms with E-state index < -0.39 is 0 Å². The van der Waals surface area contributed by atoms with Gasteiger partial charge in [0.25, 0.3) is 0 Å². The van der Waals surface area contributed by atoms with Gasteiger partial charge >= 0.3 is 0 Å². The molecule has 0 aliphatic carbocycles. The quantitative estimate of drug-likeness (QED) is 0.363. The number of anilines is 1. The number of aromatic nitrogens is 3.